The van der Waals surface area contributed by atoms with E-state index in [0.29, 0.717) is 6.04 Å². The van der Waals surface area contributed by atoms with E-state index >= 15 is 0 Å². The molecular weight excluding hydrogens is 336 g/mol. The molecule has 144 valence electrons. The Hall–Kier alpha value is -0.500. The van der Waals surface area contributed by atoms with E-state index in [1.165, 1.54) is 17.9 Å². The number of aliphatic hydroxyl groups is 1. The molecule has 0 bridgehead atoms. The topological polar surface area (TPSA) is 69.1 Å². The van der Waals surface area contributed by atoms with Crippen LogP contribution in [0.15, 0.2) is 4.99 Å². The first-order chi connectivity index (χ1) is 12.2. The molecular formula is C18H34N4O2S. The third kappa shape index (κ3) is 5.25. The number of guanidine groups is 1. The average molecular weight is 371 g/mol. The fourth-order valence-corrected chi connectivity index (χ4v) is 5.53. The van der Waals surface area contributed by atoms with Crippen molar-refractivity contribution in [1.82, 2.24) is 15.5 Å². The summed E-state index contributed by atoms with van der Waals surface area (Å²) in [4.78, 5) is 7.60. The molecule has 0 aromatic carbocycles. The van der Waals surface area contributed by atoms with Crippen molar-refractivity contribution in [2.75, 3.05) is 50.9 Å². The highest BCUT2D eigenvalue weighted by atomic mass is 32.2. The molecule has 1 atom stereocenters. The van der Waals surface area contributed by atoms with Gasteiger partial charge in [0.25, 0.3) is 0 Å². The van der Waals surface area contributed by atoms with Crippen molar-refractivity contribution in [3.8, 4) is 0 Å². The summed E-state index contributed by atoms with van der Waals surface area (Å²) in [5.74, 6) is 3.34. The van der Waals surface area contributed by atoms with Crippen LogP contribution in [0.1, 0.15) is 39.0 Å². The van der Waals surface area contributed by atoms with E-state index in [1.54, 1.807) is 0 Å². The highest BCUT2D eigenvalue weighted by Crippen LogP contribution is 2.34. The monoisotopic (exact) mass is 370 g/mol. The van der Waals surface area contributed by atoms with Crippen LogP contribution in [0.25, 0.3) is 0 Å². The van der Waals surface area contributed by atoms with Gasteiger partial charge in [-0.1, -0.05) is 0 Å². The summed E-state index contributed by atoms with van der Waals surface area (Å²) < 4.78 is 5.55. The fourth-order valence-electron chi connectivity index (χ4n) is 4.07. The molecule has 1 saturated carbocycles. The number of thioether (sulfide) groups is 1. The van der Waals surface area contributed by atoms with Crippen molar-refractivity contribution in [1.29, 1.82) is 0 Å². The molecule has 0 aromatic rings. The summed E-state index contributed by atoms with van der Waals surface area (Å²) in [6, 6.07) is 0.429. The predicted octanol–water partition coefficient (Wildman–Crippen LogP) is 1.05. The Bertz CT molecular complexity index is 429. The standard InChI is InChI=1S/C18H34N4O2S/c1-2-19-17(21-15-3-5-16(23)6-4-15)20-13-18(7-12-25-14-18)22-8-10-24-11-9-22/h15-16,23H,2-14H2,1H3,(H2,19,20,21). The summed E-state index contributed by atoms with van der Waals surface area (Å²) in [5.41, 5.74) is 0.194. The van der Waals surface area contributed by atoms with E-state index in [4.69, 9.17) is 9.73 Å². The maximum atomic E-state index is 9.70. The van der Waals surface area contributed by atoms with E-state index in [1.807, 2.05) is 0 Å². The minimum absolute atomic E-state index is 0.113. The number of rotatable bonds is 5. The number of aliphatic imine (C=N–C) groups is 1. The van der Waals surface area contributed by atoms with Crippen molar-refractivity contribution in [2.45, 2.75) is 56.7 Å². The summed E-state index contributed by atoms with van der Waals surface area (Å²) in [6.45, 7) is 7.59. The van der Waals surface area contributed by atoms with Crippen LogP contribution in [0.3, 0.4) is 0 Å². The Kier molecular flexibility index (Phi) is 7.28. The number of morpholine rings is 1. The molecule has 1 aliphatic carbocycles. The molecule has 2 aliphatic heterocycles. The number of nitrogens with zero attached hydrogens (tertiary/aromatic N) is 2. The molecule has 0 amide bonds. The lowest BCUT2D eigenvalue weighted by molar-refractivity contribution is -0.0104. The molecule has 7 heteroatoms. The molecule has 3 aliphatic rings. The van der Waals surface area contributed by atoms with Gasteiger partial charge in [0.1, 0.15) is 0 Å². The smallest absolute Gasteiger partial charge is 0.191 e. The molecule has 3 N–H and O–H groups in total. The summed E-state index contributed by atoms with van der Waals surface area (Å²) in [7, 11) is 0. The Morgan fingerprint density at radius 3 is 2.68 bits per heavy atom. The average Bonchev–Trinajstić information content (AvgIpc) is 3.13. The lowest BCUT2D eigenvalue weighted by Crippen LogP contribution is -2.56. The van der Waals surface area contributed by atoms with Crippen LogP contribution < -0.4 is 10.6 Å². The van der Waals surface area contributed by atoms with Gasteiger partial charge in [0.05, 0.1) is 31.4 Å². The van der Waals surface area contributed by atoms with E-state index in [2.05, 4.69) is 34.2 Å². The van der Waals surface area contributed by atoms with Gasteiger partial charge < -0.3 is 20.5 Å². The van der Waals surface area contributed by atoms with Crippen LogP contribution in [0, 0.1) is 0 Å². The second kappa shape index (κ2) is 9.44. The van der Waals surface area contributed by atoms with Gasteiger partial charge in [-0.05, 0) is 44.8 Å². The first kappa shape index (κ1) is 19.3. The van der Waals surface area contributed by atoms with Gasteiger partial charge in [-0.2, -0.15) is 11.8 Å². The lowest BCUT2D eigenvalue weighted by Gasteiger charge is -2.42. The highest BCUT2D eigenvalue weighted by Gasteiger charge is 2.40. The van der Waals surface area contributed by atoms with Gasteiger partial charge >= 0.3 is 0 Å². The van der Waals surface area contributed by atoms with Crippen molar-refractivity contribution in [2.24, 2.45) is 4.99 Å². The summed E-state index contributed by atoms with van der Waals surface area (Å²) >= 11 is 2.06. The zero-order chi connectivity index (χ0) is 17.5. The lowest BCUT2D eigenvalue weighted by atomic mass is 9.93. The van der Waals surface area contributed by atoms with E-state index < -0.39 is 0 Å². The normalized spacial score (nSPS) is 34.9. The van der Waals surface area contributed by atoms with Crippen LogP contribution in [0.4, 0.5) is 0 Å². The van der Waals surface area contributed by atoms with Gasteiger partial charge in [-0.15, -0.1) is 0 Å². The molecule has 3 fully saturated rings. The summed E-state index contributed by atoms with van der Waals surface area (Å²) in [6.07, 6.45) is 4.94. The molecule has 0 radical (unpaired) electrons. The van der Waals surface area contributed by atoms with Gasteiger partial charge in [0.2, 0.25) is 0 Å². The predicted molar refractivity (Wildman–Crippen MR) is 104 cm³/mol. The van der Waals surface area contributed by atoms with E-state index in [-0.39, 0.29) is 11.6 Å². The quantitative estimate of drug-likeness (QED) is 0.497. The third-order valence-corrected chi connectivity index (χ3v) is 6.91. The second-order valence-corrected chi connectivity index (χ2v) is 8.58. The van der Waals surface area contributed by atoms with Gasteiger partial charge in [0.15, 0.2) is 5.96 Å². The van der Waals surface area contributed by atoms with Crippen LogP contribution in [0.2, 0.25) is 0 Å². The van der Waals surface area contributed by atoms with Crippen LogP contribution in [-0.4, -0.2) is 84.5 Å². The van der Waals surface area contributed by atoms with Crippen LogP contribution >= 0.6 is 11.8 Å². The Morgan fingerprint density at radius 1 is 1.28 bits per heavy atom. The van der Waals surface area contributed by atoms with Gasteiger partial charge in [-0.25, -0.2) is 0 Å². The fraction of sp³-hybridized carbons (Fsp3) is 0.944. The van der Waals surface area contributed by atoms with Crippen molar-refractivity contribution in [3.05, 3.63) is 0 Å². The first-order valence-corrected chi connectivity index (χ1v) is 11.0. The largest absolute Gasteiger partial charge is 0.393 e. The molecule has 2 heterocycles. The van der Waals surface area contributed by atoms with Crippen LogP contribution in [-0.2, 0) is 4.74 Å². The molecule has 2 saturated heterocycles. The number of ether oxygens (including phenoxy) is 1. The van der Waals surface area contributed by atoms with Crippen molar-refractivity contribution >= 4 is 17.7 Å². The van der Waals surface area contributed by atoms with Gasteiger partial charge in [0, 0.05) is 31.4 Å². The molecule has 25 heavy (non-hydrogen) atoms. The maximum Gasteiger partial charge on any atom is 0.191 e. The minimum atomic E-state index is -0.113. The van der Waals surface area contributed by atoms with Gasteiger partial charge in [-0.3, -0.25) is 9.89 Å². The van der Waals surface area contributed by atoms with Crippen molar-refractivity contribution in [3.63, 3.8) is 0 Å². The number of hydrogen-bond acceptors (Lipinski definition) is 5. The third-order valence-electron chi connectivity index (χ3n) is 5.68. The maximum absolute atomic E-state index is 9.70. The summed E-state index contributed by atoms with van der Waals surface area (Å²) in [5, 5.41) is 16.7. The molecule has 1 unspecified atom stereocenters. The second-order valence-electron chi connectivity index (χ2n) is 7.47. The van der Waals surface area contributed by atoms with E-state index in [0.717, 1.165) is 71.0 Å². The molecule has 0 aromatic heterocycles. The number of hydrogen-bond donors (Lipinski definition) is 3. The zero-order valence-corrected chi connectivity index (χ0v) is 16.3. The number of aliphatic hydroxyl groups excluding tert-OH is 1. The minimum Gasteiger partial charge on any atom is -0.393 e. The molecule has 6 nitrogen and oxygen atoms in total. The van der Waals surface area contributed by atoms with Crippen molar-refractivity contribution < 1.29 is 9.84 Å². The van der Waals surface area contributed by atoms with E-state index in [9.17, 15) is 5.11 Å². The first-order valence-electron chi connectivity index (χ1n) is 9.85. The zero-order valence-electron chi connectivity index (χ0n) is 15.5. The SMILES string of the molecule is CCNC(=NCC1(N2CCOCC2)CCSC1)NC1CCC(O)CC1. The molecule has 3 rings (SSSR count). The Balaban J connectivity index is 1.62. The van der Waals surface area contributed by atoms with Crippen LogP contribution in [0.5, 0.6) is 0 Å². The Labute approximate surface area is 156 Å². The number of nitrogens with one attached hydrogen (secondary N) is 2. The molecule has 0 spiro atoms. The Morgan fingerprint density at radius 2 is 2.04 bits per heavy atom. The highest BCUT2D eigenvalue weighted by molar-refractivity contribution is 7.99.